The van der Waals surface area contributed by atoms with E-state index in [9.17, 15) is 0 Å². The molecule has 0 amide bonds. The Hall–Kier alpha value is -1.28. The first kappa shape index (κ1) is 9.28. The van der Waals surface area contributed by atoms with Crippen LogP contribution in [0, 0.1) is 13.8 Å². The number of rotatable bonds is 1. The molecule has 0 aliphatic heterocycles. The molecule has 0 aliphatic carbocycles. The van der Waals surface area contributed by atoms with Crippen LogP contribution in [0.25, 0.3) is 11.3 Å². The lowest BCUT2D eigenvalue weighted by Gasteiger charge is -2.01. The molecule has 0 saturated carbocycles. The first-order chi connectivity index (χ1) is 6.66. The van der Waals surface area contributed by atoms with Crippen molar-refractivity contribution in [2.24, 2.45) is 0 Å². The van der Waals surface area contributed by atoms with Crippen LogP contribution in [0.3, 0.4) is 0 Å². The quantitative estimate of drug-likeness (QED) is 0.714. The summed E-state index contributed by atoms with van der Waals surface area (Å²) in [5, 5.41) is 4.17. The van der Waals surface area contributed by atoms with Gasteiger partial charge in [0.15, 0.2) is 0 Å². The van der Waals surface area contributed by atoms with Crippen LogP contribution in [0.4, 0.5) is 0 Å². The van der Waals surface area contributed by atoms with E-state index in [0.29, 0.717) is 5.22 Å². The lowest BCUT2D eigenvalue weighted by atomic mass is 10.0. The first-order valence-corrected chi connectivity index (χ1v) is 4.74. The van der Waals surface area contributed by atoms with Gasteiger partial charge in [0.2, 0.25) is 5.22 Å². The predicted molar refractivity (Wildman–Crippen MR) is 56.4 cm³/mol. The third kappa shape index (κ3) is 1.66. The van der Waals surface area contributed by atoms with Crippen molar-refractivity contribution in [3.8, 4) is 11.3 Å². The van der Waals surface area contributed by atoms with Gasteiger partial charge in [-0.25, -0.2) is 0 Å². The average molecular weight is 208 g/mol. The highest BCUT2D eigenvalue weighted by Gasteiger charge is 2.05. The van der Waals surface area contributed by atoms with Gasteiger partial charge >= 0.3 is 0 Å². The fraction of sp³-hybridized carbons (Fsp3) is 0.182. The summed E-state index contributed by atoms with van der Waals surface area (Å²) in [6.45, 7) is 4.15. The third-order valence-electron chi connectivity index (χ3n) is 2.28. The Bertz CT molecular complexity index is 462. The molecule has 1 heterocycles. The summed E-state index contributed by atoms with van der Waals surface area (Å²) in [5.41, 5.74) is 4.31. The molecule has 1 aromatic carbocycles. The number of hydrogen-bond acceptors (Lipinski definition) is 2. The van der Waals surface area contributed by atoms with Gasteiger partial charge in [0.1, 0.15) is 5.69 Å². The molecule has 2 nitrogen and oxygen atoms in total. The molecular formula is C11H10ClNO. The zero-order valence-corrected chi connectivity index (χ0v) is 8.80. The molecule has 14 heavy (non-hydrogen) atoms. The van der Waals surface area contributed by atoms with Crippen LogP contribution < -0.4 is 0 Å². The second-order valence-corrected chi connectivity index (χ2v) is 3.69. The molecule has 2 aromatic rings. The van der Waals surface area contributed by atoms with Gasteiger partial charge in [0.25, 0.3) is 0 Å². The number of aromatic nitrogens is 1. The van der Waals surface area contributed by atoms with E-state index in [1.165, 1.54) is 11.1 Å². The number of halogens is 1. The van der Waals surface area contributed by atoms with E-state index in [2.05, 4.69) is 31.1 Å². The molecule has 0 bridgehead atoms. The normalized spacial score (nSPS) is 10.5. The molecule has 0 radical (unpaired) electrons. The summed E-state index contributed by atoms with van der Waals surface area (Å²) in [6, 6.07) is 7.86. The van der Waals surface area contributed by atoms with Crippen molar-refractivity contribution in [1.82, 2.24) is 5.16 Å². The predicted octanol–water partition coefficient (Wildman–Crippen LogP) is 3.61. The lowest BCUT2D eigenvalue weighted by Crippen LogP contribution is -1.82. The molecular weight excluding hydrogens is 198 g/mol. The maximum absolute atomic E-state index is 5.65. The van der Waals surface area contributed by atoms with Crippen molar-refractivity contribution >= 4 is 11.6 Å². The molecule has 0 unspecified atom stereocenters. The molecule has 0 fully saturated rings. The highest BCUT2D eigenvalue weighted by molar-refractivity contribution is 6.29. The third-order valence-corrected chi connectivity index (χ3v) is 2.46. The van der Waals surface area contributed by atoms with Gasteiger partial charge in [-0.1, -0.05) is 17.3 Å². The Labute approximate surface area is 87.5 Å². The van der Waals surface area contributed by atoms with E-state index in [1.807, 2.05) is 6.07 Å². The van der Waals surface area contributed by atoms with Crippen LogP contribution in [0.15, 0.2) is 28.8 Å². The van der Waals surface area contributed by atoms with E-state index in [0.717, 1.165) is 11.3 Å². The van der Waals surface area contributed by atoms with Crippen molar-refractivity contribution < 1.29 is 4.52 Å². The van der Waals surface area contributed by atoms with Gasteiger partial charge in [-0.15, -0.1) is 0 Å². The fourth-order valence-corrected chi connectivity index (χ4v) is 1.43. The monoisotopic (exact) mass is 207 g/mol. The summed E-state index contributed by atoms with van der Waals surface area (Å²) in [4.78, 5) is 0. The van der Waals surface area contributed by atoms with Crippen molar-refractivity contribution in [3.05, 3.63) is 40.6 Å². The minimum absolute atomic E-state index is 0.318. The number of nitrogens with zero attached hydrogens (tertiary/aromatic N) is 1. The van der Waals surface area contributed by atoms with Gasteiger partial charge in [-0.2, -0.15) is 0 Å². The summed E-state index contributed by atoms with van der Waals surface area (Å²) < 4.78 is 4.80. The smallest absolute Gasteiger partial charge is 0.226 e. The zero-order chi connectivity index (χ0) is 10.1. The Morgan fingerprint density at radius 3 is 2.50 bits per heavy atom. The minimum Gasteiger partial charge on any atom is -0.344 e. The molecule has 0 saturated heterocycles. The summed E-state index contributed by atoms with van der Waals surface area (Å²) >= 11 is 5.65. The molecule has 0 N–H and O–H groups in total. The fourth-order valence-electron chi connectivity index (χ4n) is 1.29. The SMILES string of the molecule is Cc1ccc(-c2cc(Cl)on2)cc1C. The van der Waals surface area contributed by atoms with Crippen molar-refractivity contribution in [2.45, 2.75) is 13.8 Å². The van der Waals surface area contributed by atoms with Crippen LogP contribution in [0.1, 0.15) is 11.1 Å². The molecule has 0 spiro atoms. The van der Waals surface area contributed by atoms with Crippen molar-refractivity contribution in [3.63, 3.8) is 0 Å². The average Bonchev–Trinajstić information content (AvgIpc) is 2.57. The summed E-state index contributed by atoms with van der Waals surface area (Å²) in [5.74, 6) is 0. The van der Waals surface area contributed by atoms with Crippen LogP contribution in [0.2, 0.25) is 5.22 Å². The van der Waals surface area contributed by atoms with Crippen molar-refractivity contribution in [1.29, 1.82) is 0 Å². The number of aryl methyl sites for hydroxylation is 2. The maximum atomic E-state index is 5.65. The van der Waals surface area contributed by atoms with Crippen molar-refractivity contribution in [2.75, 3.05) is 0 Å². The lowest BCUT2D eigenvalue weighted by molar-refractivity contribution is 0.424. The van der Waals surface area contributed by atoms with E-state index in [4.69, 9.17) is 16.1 Å². The standard InChI is InChI=1S/C11H10ClNO/c1-7-3-4-9(5-8(7)2)10-6-11(12)14-13-10/h3-6H,1-2H3. The van der Waals surface area contributed by atoms with E-state index in [1.54, 1.807) is 6.07 Å². The Balaban J connectivity index is 2.47. The topological polar surface area (TPSA) is 26.0 Å². The van der Waals surface area contributed by atoms with Gasteiger partial charge in [0, 0.05) is 11.6 Å². The minimum atomic E-state index is 0.318. The Kier molecular flexibility index (Phi) is 2.30. The molecule has 0 aliphatic rings. The number of hydrogen-bond donors (Lipinski definition) is 0. The molecule has 1 aromatic heterocycles. The Morgan fingerprint density at radius 1 is 1.14 bits per heavy atom. The van der Waals surface area contributed by atoms with Gasteiger partial charge < -0.3 is 4.52 Å². The maximum Gasteiger partial charge on any atom is 0.226 e. The zero-order valence-electron chi connectivity index (χ0n) is 8.04. The highest BCUT2D eigenvalue weighted by Crippen LogP contribution is 2.23. The van der Waals surface area contributed by atoms with Gasteiger partial charge in [-0.05, 0) is 42.6 Å². The molecule has 2 rings (SSSR count). The second kappa shape index (κ2) is 3.46. The van der Waals surface area contributed by atoms with Gasteiger partial charge in [0.05, 0.1) is 0 Å². The van der Waals surface area contributed by atoms with E-state index in [-0.39, 0.29) is 0 Å². The second-order valence-electron chi connectivity index (χ2n) is 3.32. The highest BCUT2D eigenvalue weighted by atomic mass is 35.5. The number of benzene rings is 1. The Morgan fingerprint density at radius 2 is 1.93 bits per heavy atom. The molecule has 0 atom stereocenters. The van der Waals surface area contributed by atoms with Crippen LogP contribution in [-0.4, -0.2) is 5.16 Å². The largest absolute Gasteiger partial charge is 0.344 e. The first-order valence-electron chi connectivity index (χ1n) is 4.36. The van der Waals surface area contributed by atoms with Crippen LogP contribution in [-0.2, 0) is 0 Å². The van der Waals surface area contributed by atoms with E-state index >= 15 is 0 Å². The molecule has 3 heteroatoms. The summed E-state index contributed by atoms with van der Waals surface area (Å²) in [6.07, 6.45) is 0. The van der Waals surface area contributed by atoms with Crippen LogP contribution in [0.5, 0.6) is 0 Å². The summed E-state index contributed by atoms with van der Waals surface area (Å²) in [7, 11) is 0. The van der Waals surface area contributed by atoms with Gasteiger partial charge in [-0.3, -0.25) is 0 Å². The van der Waals surface area contributed by atoms with E-state index < -0.39 is 0 Å². The van der Waals surface area contributed by atoms with Crippen LogP contribution >= 0.6 is 11.6 Å². The molecule has 72 valence electrons.